The first kappa shape index (κ1) is 22.9. The van der Waals surface area contributed by atoms with E-state index in [1.165, 1.54) is 12.1 Å². The molecule has 9 nitrogen and oxygen atoms in total. The summed E-state index contributed by atoms with van der Waals surface area (Å²) in [6.07, 6.45) is -0.0165. The van der Waals surface area contributed by atoms with Crippen LogP contribution < -0.4 is 18.9 Å². The first-order valence-corrected chi connectivity index (χ1v) is 9.97. The monoisotopic (exact) mass is 442 g/mol. The van der Waals surface area contributed by atoms with Gasteiger partial charge in [0.2, 0.25) is 5.91 Å². The molecule has 1 aliphatic rings. The highest BCUT2D eigenvalue weighted by Gasteiger charge is 2.34. The van der Waals surface area contributed by atoms with Gasteiger partial charge in [0.05, 0.1) is 46.6 Å². The summed E-state index contributed by atoms with van der Waals surface area (Å²) >= 11 is 0. The molecule has 3 rings (SSSR count). The fraction of sp³-hybridized carbons (Fsp3) is 0.348. The van der Waals surface area contributed by atoms with Crippen molar-refractivity contribution in [3.63, 3.8) is 0 Å². The number of nitrogens with zero attached hydrogens (tertiary/aromatic N) is 2. The van der Waals surface area contributed by atoms with E-state index in [9.17, 15) is 9.59 Å². The number of amides is 1. The van der Waals surface area contributed by atoms with E-state index in [4.69, 9.17) is 24.1 Å². The fourth-order valence-electron chi connectivity index (χ4n) is 3.59. The molecule has 0 radical (unpaired) electrons. The highest BCUT2D eigenvalue weighted by molar-refractivity contribution is 6.05. The van der Waals surface area contributed by atoms with Crippen molar-refractivity contribution in [1.82, 2.24) is 5.01 Å². The number of hydrogen-bond donors (Lipinski definition) is 1. The molecule has 0 fully saturated rings. The summed E-state index contributed by atoms with van der Waals surface area (Å²) in [7, 11) is 6.20. The first-order valence-electron chi connectivity index (χ1n) is 9.97. The Balaban J connectivity index is 2.00. The molecule has 0 bridgehead atoms. The fourth-order valence-corrected chi connectivity index (χ4v) is 3.59. The van der Waals surface area contributed by atoms with Gasteiger partial charge < -0.3 is 24.1 Å². The highest BCUT2D eigenvalue weighted by atomic mass is 16.5. The van der Waals surface area contributed by atoms with E-state index >= 15 is 0 Å². The Morgan fingerprint density at radius 2 is 1.66 bits per heavy atom. The Kier molecular flexibility index (Phi) is 7.19. The Morgan fingerprint density at radius 1 is 0.938 bits per heavy atom. The summed E-state index contributed by atoms with van der Waals surface area (Å²) in [6, 6.07) is 10.3. The molecule has 2 aromatic rings. The molecule has 32 heavy (non-hydrogen) atoms. The van der Waals surface area contributed by atoms with Crippen LogP contribution in [-0.2, 0) is 9.59 Å². The van der Waals surface area contributed by atoms with Crippen LogP contribution in [0.4, 0.5) is 0 Å². The Labute approximate surface area is 186 Å². The zero-order valence-electron chi connectivity index (χ0n) is 18.5. The second-order valence-corrected chi connectivity index (χ2v) is 7.08. The van der Waals surface area contributed by atoms with Crippen LogP contribution in [0.2, 0.25) is 0 Å². The van der Waals surface area contributed by atoms with Crippen LogP contribution in [0.3, 0.4) is 0 Å². The lowest BCUT2D eigenvalue weighted by Gasteiger charge is -2.22. The van der Waals surface area contributed by atoms with Crippen LogP contribution in [-0.4, -0.2) is 56.1 Å². The highest BCUT2D eigenvalue weighted by Crippen LogP contribution is 2.39. The van der Waals surface area contributed by atoms with Gasteiger partial charge in [-0.15, -0.1) is 0 Å². The molecule has 0 saturated heterocycles. The normalized spacial score (nSPS) is 15.2. The predicted molar refractivity (Wildman–Crippen MR) is 117 cm³/mol. The third-order valence-corrected chi connectivity index (χ3v) is 5.23. The van der Waals surface area contributed by atoms with Gasteiger partial charge in [-0.2, -0.15) is 5.10 Å². The van der Waals surface area contributed by atoms with Gasteiger partial charge in [-0.3, -0.25) is 9.59 Å². The lowest BCUT2D eigenvalue weighted by Crippen LogP contribution is -2.27. The van der Waals surface area contributed by atoms with Crippen molar-refractivity contribution in [2.24, 2.45) is 5.10 Å². The number of hydrogen-bond acceptors (Lipinski definition) is 7. The minimum atomic E-state index is -1.04. The van der Waals surface area contributed by atoms with Gasteiger partial charge in [0.15, 0.2) is 11.5 Å². The third-order valence-electron chi connectivity index (χ3n) is 5.23. The van der Waals surface area contributed by atoms with Gasteiger partial charge in [-0.05, 0) is 29.8 Å². The van der Waals surface area contributed by atoms with E-state index in [0.29, 0.717) is 35.1 Å². The molecule has 1 aliphatic heterocycles. The number of carboxylic acids is 1. The van der Waals surface area contributed by atoms with E-state index in [2.05, 4.69) is 5.10 Å². The van der Waals surface area contributed by atoms with Gasteiger partial charge >= 0.3 is 5.97 Å². The molecule has 170 valence electrons. The average Bonchev–Trinajstić information content (AvgIpc) is 3.26. The topological polar surface area (TPSA) is 107 Å². The van der Waals surface area contributed by atoms with Crippen molar-refractivity contribution < 1.29 is 33.6 Å². The van der Waals surface area contributed by atoms with E-state index < -0.39 is 12.0 Å². The molecule has 1 N–H and O–H groups in total. The van der Waals surface area contributed by atoms with Gasteiger partial charge in [-0.1, -0.05) is 6.07 Å². The number of benzene rings is 2. The quantitative estimate of drug-likeness (QED) is 0.635. The van der Waals surface area contributed by atoms with Crippen molar-refractivity contribution in [2.45, 2.75) is 25.3 Å². The molecule has 0 unspecified atom stereocenters. The lowest BCUT2D eigenvalue weighted by molar-refractivity contribution is -0.141. The third kappa shape index (κ3) is 4.77. The van der Waals surface area contributed by atoms with Crippen molar-refractivity contribution >= 4 is 17.6 Å². The molecule has 1 heterocycles. The van der Waals surface area contributed by atoms with Crippen molar-refractivity contribution in [3.05, 3.63) is 47.5 Å². The van der Waals surface area contributed by atoms with Crippen LogP contribution in [0.1, 0.15) is 36.4 Å². The van der Waals surface area contributed by atoms with Crippen LogP contribution >= 0.6 is 0 Å². The standard InChI is InChI=1S/C23H26N2O7/c1-29-15-6-7-16(20(12-15)31-3)17-13-18(25(24-17)22(26)9-10-23(27)28)14-5-8-19(30-2)21(11-14)32-4/h5-8,11-12,18H,9-10,13H2,1-4H3,(H,27,28)/t18-/m0/s1. The molecule has 0 aromatic heterocycles. The molecule has 0 saturated carbocycles. The summed E-state index contributed by atoms with van der Waals surface area (Å²) in [5, 5.41) is 14.9. The number of rotatable bonds is 9. The van der Waals surface area contributed by atoms with E-state index in [0.717, 1.165) is 11.1 Å². The zero-order valence-corrected chi connectivity index (χ0v) is 18.5. The van der Waals surface area contributed by atoms with E-state index in [-0.39, 0.29) is 18.7 Å². The maximum absolute atomic E-state index is 12.9. The molecule has 0 spiro atoms. The summed E-state index contributed by atoms with van der Waals surface area (Å²) in [6.45, 7) is 0. The smallest absolute Gasteiger partial charge is 0.303 e. The van der Waals surface area contributed by atoms with Crippen LogP contribution in [0, 0.1) is 0 Å². The number of carbonyl (C=O) groups is 2. The molecule has 1 amide bonds. The minimum absolute atomic E-state index is 0.157. The maximum Gasteiger partial charge on any atom is 0.303 e. The number of carboxylic acid groups (broad SMARTS) is 1. The molecule has 0 aliphatic carbocycles. The summed E-state index contributed by atoms with van der Waals surface area (Å²) in [5.41, 5.74) is 2.16. The second kappa shape index (κ2) is 10.0. The molecular formula is C23H26N2O7. The second-order valence-electron chi connectivity index (χ2n) is 7.08. The number of methoxy groups -OCH3 is 4. The van der Waals surface area contributed by atoms with E-state index in [1.807, 2.05) is 12.1 Å². The number of ether oxygens (including phenoxy) is 4. The summed E-state index contributed by atoms with van der Waals surface area (Å²) in [4.78, 5) is 23.9. The van der Waals surface area contributed by atoms with Crippen LogP contribution in [0.15, 0.2) is 41.5 Å². The van der Waals surface area contributed by atoms with Crippen molar-refractivity contribution in [1.29, 1.82) is 0 Å². The Morgan fingerprint density at radius 3 is 2.28 bits per heavy atom. The summed E-state index contributed by atoms with van der Waals surface area (Å²) in [5.74, 6) is 0.870. The number of carbonyl (C=O) groups excluding carboxylic acids is 1. The van der Waals surface area contributed by atoms with E-state index in [1.54, 1.807) is 45.6 Å². The van der Waals surface area contributed by atoms with Crippen molar-refractivity contribution in [2.75, 3.05) is 28.4 Å². The SMILES string of the molecule is COc1ccc(C2=NN(C(=O)CCC(=O)O)[C@H](c3ccc(OC)c(OC)c3)C2)c(OC)c1. The molecule has 1 atom stereocenters. The van der Waals surface area contributed by atoms with Gasteiger partial charge in [0, 0.05) is 24.5 Å². The number of hydrazone groups is 1. The van der Waals surface area contributed by atoms with Crippen molar-refractivity contribution in [3.8, 4) is 23.0 Å². The van der Waals surface area contributed by atoms with Crippen LogP contribution in [0.5, 0.6) is 23.0 Å². The first-order chi connectivity index (χ1) is 15.4. The average molecular weight is 442 g/mol. The molecule has 9 heteroatoms. The Hall–Kier alpha value is -3.75. The lowest BCUT2D eigenvalue weighted by atomic mass is 9.97. The minimum Gasteiger partial charge on any atom is -0.497 e. The van der Waals surface area contributed by atoms with Gasteiger partial charge in [-0.25, -0.2) is 5.01 Å². The number of aliphatic carboxylic acids is 1. The maximum atomic E-state index is 12.9. The largest absolute Gasteiger partial charge is 0.497 e. The zero-order chi connectivity index (χ0) is 23.3. The predicted octanol–water partition coefficient (Wildman–Crippen LogP) is 3.26. The molecular weight excluding hydrogens is 416 g/mol. The van der Waals surface area contributed by atoms with Gasteiger partial charge in [0.25, 0.3) is 0 Å². The van der Waals surface area contributed by atoms with Gasteiger partial charge in [0.1, 0.15) is 11.5 Å². The summed E-state index contributed by atoms with van der Waals surface area (Å²) < 4.78 is 21.5. The van der Waals surface area contributed by atoms with Crippen LogP contribution in [0.25, 0.3) is 0 Å². The molecule has 2 aromatic carbocycles. The Bertz CT molecular complexity index is 1040.